The molecule has 0 spiro atoms. The minimum atomic E-state index is 0.129. The molecule has 22 heavy (non-hydrogen) atoms. The van der Waals surface area contributed by atoms with Crippen molar-refractivity contribution < 1.29 is 4.79 Å². The van der Waals surface area contributed by atoms with E-state index >= 15 is 0 Å². The van der Waals surface area contributed by atoms with E-state index in [2.05, 4.69) is 20.8 Å². The predicted octanol–water partition coefficient (Wildman–Crippen LogP) is 3.87. The lowest BCUT2D eigenvalue weighted by atomic mass is 10.1. The maximum Gasteiger partial charge on any atom is 0.264 e. The van der Waals surface area contributed by atoms with Gasteiger partial charge in [-0.15, -0.1) is 34.0 Å². The summed E-state index contributed by atoms with van der Waals surface area (Å²) in [5.74, 6) is 0.129. The molecule has 5 rings (SSSR count). The summed E-state index contributed by atoms with van der Waals surface area (Å²) < 4.78 is 2.06. The van der Waals surface area contributed by atoms with Crippen LogP contribution in [0.1, 0.15) is 20.1 Å². The van der Waals surface area contributed by atoms with Crippen molar-refractivity contribution in [3.63, 3.8) is 0 Å². The largest absolute Gasteiger partial charge is 0.333 e. The third kappa shape index (κ3) is 1.79. The van der Waals surface area contributed by atoms with Crippen LogP contribution in [0.2, 0.25) is 0 Å². The number of carbonyl (C=O) groups is 1. The summed E-state index contributed by atoms with van der Waals surface area (Å²) in [7, 11) is 0. The number of imidazole rings is 1. The maximum absolute atomic E-state index is 12.8. The van der Waals surface area contributed by atoms with Crippen LogP contribution >= 0.6 is 34.0 Å². The van der Waals surface area contributed by atoms with Gasteiger partial charge in [-0.2, -0.15) is 0 Å². The molecule has 110 valence electrons. The second-order valence-electron chi connectivity index (χ2n) is 5.31. The average Bonchev–Trinajstić information content (AvgIpc) is 3.26. The second-order valence-corrected chi connectivity index (χ2v) is 8.22. The van der Waals surface area contributed by atoms with E-state index in [-0.39, 0.29) is 5.91 Å². The van der Waals surface area contributed by atoms with E-state index in [1.807, 2.05) is 22.5 Å². The zero-order chi connectivity index (χ0) is 14.7. The number of carbonyl (C=O) groups excluding carboxylic acids is 1. The van der Waals surface area contributed by atoms with Crippen LogP contribution in [0.3, 0.4) is 0 Å². The van der Waals surface area contributed by atoms with E-state index in [1.54, 1.807) is 22.7 Å². The summed E-state index contributed by atoms with van der Waals surface area (Å²) >= 11 is 4.91. The average molecular weight is 345 g/mol. The fourth-order valence-corrected chi connectivity index (χ4v) is 5.59. The topological polar surface area (TPSA) is 37.6 Å². The third-order valence-electron chi connectivity index (χ3n) is 4.05. The number of thiophene rings is 2. The molecule has 1 aliphatic rings. The third-order valence-corrected chi connectivity index (χ3v) is 6.83. The van der Waals surface area contributed by atoms with E-state index in [9.17, 15) is 4.79 Å². The molecule has 1 aliphatic heterocycles. The number of hydrogen-bond donors (Lipinski definition) is 0. The molecule has 0 aromatic carbocycles. The predicted molar refractivity (Wildman–Crippen MR) is 91.2 cm³/mol. The monoisotopic (exact) mass is 345 g/mol. The van der Waals surface area contributed by atoms with Gasteiger partial charge in [0, 0.05) is 29.5 Å². The Balaban J connectivity index is 1.51. The van der Waals surface area contributed by atoms with Crippen LogP contribution in [0.5, 0.6) is 0 Å². The van der Waals surface area contributed by atoms with Gasteiger partial charge < -0.3 is 4.90 Å². The molecule has 0 bridgehead atoms. The van der Waals surface area contributed by atoms with Crippen molar-refractivity contribution >= 4 is 55.2 Å². The van der Waals surface area contributed by atoms with Crippen LogP contribution in [0.15, 0.2) is 29.1 Å². The van der Waals surface area contributed by atoms with Crippen molar-refractivity contribution in [3.05, 3.63) is 44.4 Å². The number of aromatic nitrogens is 2. The molecule has 5 heterocycles. The van der Waals surface area contributed by atoms with Crippen molar-refractivity contribution in [2.75, 3.05) is 6.54 Å². The van der Waals surface area contributed by atoms with Crippen LogP contribution < -0.4 is 0 Å². The van der Waals surface area contributed by atoms with Gasteiger partial charge in [-0.1, -0.05) is 0 Å². The highest BCUT2D eigenvalue weighted by Crippen LogP contribution is 2.31. The maximum atomic E-state index is 12.8. The van der Waals surface area contributed by atoms with Gasteiger partial charge >= 0.3 is 0 Å². The summed E-state index contributed by atoms with van der Waals surface area (Å²) in [5, 5.41) is 4.13. The zero-order valence-corrected chi connectivity index (χ0v) is 13.9. The number of fused-ring (bicyclic) bond motifs is 4. The summed E-state index contributed by atoms with van der Waals surface area (Å²) in [6.45, 7) is 1.54. The number of hydrogen-bond acceptors (Lipinski definition) is 5. The lowest BCUT2D eigenvalue weighted by Gasteiger charge is -2.26. The summed E-state index contributed by atoms with van der Waals surface area (Å²) in [6, 6.07) is 4.12. The van der Waals surface area contributed by atoms with Crippen LogP contribution in [0.25, 0.3) is 15.3 Å². The Morgan fingerprint density at radius 2 is 2.23 bits per heavy atom. The lowest BCUT2D eigenvalue weighted by molar-refractivity contribution is 0.0741. The summed E-state index contributed by atoms with van der Waals surface area (Å²) in [5.41, 5.74) is 2.34. The Kier molecular flexibility index (Phi) is 2.70. The second kappa shape index (κ2) is 4.65. The molecule has 0 N–H and O–H groups in total. The van der Waals surface area contributed by atoms with E-state index in [1.165, 1.54) is 21.8 Å². The van der Waals surface area contributed by atoms with Crippen molar-refractivity contribution in [1.29, 1.82) is 0 Å². The molecule has 7 heteroatoms. The Morgan fingerprint density at radius 3 is 3.18 bits per heavy atom. The quantitative estimate of drug-likeness (QED) is 0.525. The first-order chi connectivity index (χ1) is 10.8. The Hall–Kier alpha value is -1.70. The minimum absolute atomic E-state index is 0.129. The first kappa shape index (κ1) is 12.8. The smallest absolute Gasteiger partial charge is 0.264 e. The molecule has 0 saturated heterocycles. The van der Waals surface area contributed by atoms with Crippen LogP contribution in [0, 0.1) is 0 Å². The molecule has 0 atom stereocenters. The van der Waals surface area contributed by atoms with Crippen molar-refractivity contribution in [3.8, 4) is 0 Å². The zero-order valence-electron chi connectivity index (χ0n) is 11.5. The van der Waals surface area contributed by atoms with Crippen LogP contribution in [-0.2, 0) is 13.0 Å². The van der Waals surface area contributed by atoms with Gasteiger partial charge in [-0.05, 0) is 29.5 Å². The summed E-state index contributed by atoms with van der Waals surface area (Å²) in [4.78, 5) is 23.5. The van der Waals surface area contributed by atoms with E-state index in [0.29, 0.717) is 0 Å². The molecule has 0 aliphatic carbocycles. The fourth-order valence-electron chi connectivity index (χ4n) is 2.93. The molecule has 0 unspecified atom stereocenters. The molecular formula is C15H11N3OS3. The van der Waals surface area contributed by atoms with Gasteiger partial charge in [-0.25, -0.2) is 4.98 Å². The SMILES string of the molecule is O=C(c1cc2c(nc3sccn32)s1)N1CCc2sccc2C1. The van der Waals surface area contributed by atoms with E-state index in [0.717, 1.165) is 39.7 Å². The molecule has 1 amide bonds. The van der Waals surface area contributed by atoms with Crippen molar-refractivity contribution in [1.82, 2.24) is 14.3 Å². The molecule has 0 saturated carbocycles. The first-order valence-corrected chi connectivity index (χ1v) is 9.57. The van der Waals surface area contributed by atoms with Gasteiger partial charge in [0.2, 0.25) is 0 Å². The van der Waals surface area contributed by atoms with Crippen molar-refractivity contribution in [2.24, 2.45) is 0 Å². The molecule has 4 aromatic heterocycles. The normalized spacial score (nSPS) is 14.8. The Bertz CT molecular complexity index is 1010. The molecule has 4 nitrogen and oxygen atoms in total. The molecular weight excluding hydrogens is 334 g/mol. The van der Waals surface area contributed by atoms with Gasteiger partial charge in [0.15, 0.2) is 4.96 Å². The van der Waals surface area contributed by atoms with Crippen LogP contribution in [-0.4, -0.2) is 26.7 Å². The summed E-state index contributed by atoms with van der Waals surface area (Å²) in [6.07, 6.45) is 2.98. The number of rotatable bonds is 1. The lowest BCUT2D eigenvalue weighted by Crippen LogP contribution is -2.34. The highest BCUT2D eigenvalue weighted by atomic mass is 32.1. The van der Waals surface area contributed by atoms with Gasteiger partial charge in [0.1, 0.15) is 4.83 Å². The Morgan fingerprint density at radius 1 is 1.27 bits per heavy atom. The van der Waals surface area contributed by atoms with E-state index in [4.69, 9.17) is 0 Å². The Labute approximate surface area is 138 Å². The van der Waals surface area contributed by atoms with E-state index < -0.39 is 0 Å². The highest BCUT2D eigenvalue weighted by molar-refractivity contribution is 7.21. The number of amides is 1. The van der Waals surface area contributed by atoms with Crippen LogP contribution in [0.4, 0.5) is 0 Å². The molecule has 4 aromatic rings. The molecule has 0 radical (unpaired) electrons. The highest BCUT2D eigenvalue weighted by Gasteiger charge is 2.24. The standard InChI is InChI=1S/C15H11N3OS3/c19-14(17-3-1-11-9(8-17)2-5-20-11)12-7-10-13(22-12)16-15-18(10)4-6-21-15/h2,4-7H,1,3,8H2. The number of nitrogens with zero attached hydrogens (tertiary/aromatic N) is 3. The first-order valence-electron chi connectivity index (χ1n) is 6.99. The number of thiazole rings is 1. The molecule has 0 fully saturated rings. The minimum Gasteiger partial charge on any atom is -0.333 e. The van der Waals surface area contributed by atoms with Crippen molar-refractivity contribution in [2.45, 2.75) is 13.0 Å². The fraction of sp³-hybridized carbons (Fsp3) is 0.200. The van der Waals surface area contributed by atoms with Gasteiger partial charge in [-0.3, -0.25) is 9.20 Å². The van der Waals surface area contributed by atoms with Gasteiger partial charge in [0.05, 0.1) is 10.4 Å². The van der Waals surface area contributed by atoms with Gasteiger partial charge in [0.25, 0.3) is 5.91 Å².